The lowest BCUT2D eigenvalue weighted by atomic mass is 10.2. The molecule has 1 heterocycles. The maximum Gasteiger partial charge on any atom is 0.147 e. The molecular weight excluding hydrogens is 130 g/mol. The van der Waals surface area contributed by atoms with Gasteiger partial charge in [-0.2, -0.15) is 5.06 Å². The van der Waals surface area contributed by atoms with Gasteiger partial charge in [-0.3, -0.25) is 4.84 Å². The number of aldehydes is 1. The molecule has 0 aromatic heterocycles. The second-order valence-corrected chi connectivity index (χ2v) is 2.45. The van der Waals surface area contributed by atoms with Crippen molar-refractivity contribution in [2.75, 3.05) is 19.7 Å². The molecule has 0 spiro atoms. The number of piperidine rings is 1. The van der Waals surface area contributed by atoms with E-state index in [-0.39, 0.29) is 6.61 Å². The van der Waals surface area contributed by atoms with E-state index in [1.165, 1.54) is 19.3 Å². The van der Waals surface area contributed by atoms with Gasteiger partial charge in [-0.1, -0.05) is 6.42 Å². The highest BCUT2D eigenvalue weighted by Gasteiger charge is 2.08. The number of carbonyl (C=O) groups excluding carboxylic acids is 1. The lowest BCUT2D eigenvalue weighted by molar-refractivity contribution is -0.169. The molecule has 0 radical (unpaired) electrons. The molecule has 58 valence electrons. The van der Waals surface area contributed by atoms with Crippen LogP contribution in [0.2, 0.25) is 0 Å². The van der Waals surface area contributed by atoms with Gasteiger partial charge in [-0.05, 0) is 12.8 Å². The van der Waals surface area contributed by atoms with Gasteiger partial charge in [0.25, 0.3) is 0 Å². The molecule has 0 unspecified atom stereocenters. The average Bonchev–Trinajstić information content (AvgIpc) is 2.03. The monoisotopic (exact) mass is 143 g/mol. The SMILES string of the molecule is O=CCON1CCCCC1. The lowest BCUT2D eigenvalue weighted by Crippen LogP contribution is -2.30. The molecule has 0 bridgehead atoms. The van der Waals surface area contributed by atoms with Crippen molar-refractivity contribution in [3.63, 3.8) is 0 Å². The topological polar surface area (TPSA) is 29.5 Å². The quantitative estimate of drug-likeness (QED) is 0.542. The van der Waals surface area contributed by atoms with Crippen LogP contribution in [0.25, 0.3) is 0 Å². The Balaban J connectivity index is 2.07. The fourth-order valence-electron chi connectivity index (χ4n) is 1.13. The highest BCUT2D eigenvalue weighted by Crippen LogP contribution is 2.07. The Bertz CT molecular complexity index is 99.8. The zero-order chi connectivity index (χ0) is 7.23. The summed E-state index contributed by atoms with van der Waals surface area (Å²) in [4.78, 5) is 15.0. The smallest absolute Gasteiger partial charge is 0.147 e. The molecule has 1 rings (SSSR count). The second-order valence-electron chi connectivity index (χ2n) is 2.45. The number of hydrogen-bond donors (Lipinski definition) is 0. The van der Waals surface area contributed by atoms with E-state index < -0.39 is 0 Å². The first-order valence-electron chi connectivity index (χ1n) is 3.75. The Labute approximate surface area is 60.9 Å². The summed E-state index contributed by atoms with van der Waals surface area (Å²) >= 11 is 0. The largest absolute Gasteiger partial charge is 0.301 e. The molecular formula is C7H13NO2. The minimum Gasteiger partial charge on any atom is -0.301 e. The summed E-state index contributed by atoms with van der Waals surface area (Å²) in [5.74, 6) is 0. The van der Waals surface area contributed by atoms with Crippen LogP contribution in [0.5, 0.6) is 0 Å². The highest BCUT2D eigenvalue weighted by atomic mass is 16.7. The number of hydrogen-bond acceptors (Lipinski definition) is 3. The highest BCUT2D eigenvalue weighted by molar-refractivity contribution is 5.50. The molecule has 0 aromatic carbocycles. The first-order valence-corrected chi connectivity index (χ1v) is 3.75. The average molecular weight is 143 g/mol. The Kier molecular flexibility index (Phi) is 3.40. The second kappa shape index (κ2) is 4.41. The molecule has 0 aromatic rings. The van der Waals surface area contributed by atoms with Gasteiger partial charge in [0.2, 0.25) is 0 Å². The summed E-state index contributed by atoms with van der Waals surface area (Å²) in [6, 6.07) is 0. The Hall–Kier alpha value is -0.410. The zero-order valence-electron chi connectivity index (χ0n) is 6.08. The van der Waals surface area contributed by atoms with Gasteiger partial charge in [0.15, 0.2) is 0 Å². The number of rotatable bonds is 3. The van der Waals surface area contributed by atoms with E-state index in [1.807, 2.05) is 5.06 Å². The molecule has 1 aliphatic heterocycles. The van der Waals surface area contributed by atoms with Gasteiger partial charge in [0.05, 0.1) is 0 Å². The Morgan fingerprint density at radius 3 is 2.60 bits per heavy atom. The predicted molar refractivity (Wildman–Crippen MR) is 37.4 cm³/mol. The van der Waals surface area contributed by atoms with Crippen LogP contribution in [0.4, 0.5) is 0 Å². The van der Waals surface area contributed by atoms with Gasteiger partial charge in [0.1, 0.15) is 12.9 Å². The molecule has 3 heteroatoms. The van der Waals surface area contributed by atoms with E-state index in [9.17, 15) is 4.79 Å². The summed E-state index contributed by atoms with van der Waals surface area (Å²) in [7, 11) is 0. The minimum atomic E-state index is 0.208. The number of hydroxylamine groups is 2. The molecule has 1 saturated heterocycles. The van der Waals surface area contributed by atoms with E-state index in [1.54, 1.807) is 0 Å². The third-order valence-corrected chi connectivity index (χ3v) is 1.64. The van der Waals surface area contributed by atoms with Crippen LogP contribution >= 0.6 is 0 Å². The van der Waals surface area contributed by atoms with Crippen molar-refractivity contribution in [1.82, 2.24) is 5.06 Å². The van der Waals surface area contributed by atoms with Crippen LogP contribution < -0.4 is 0 Å². The maximum absolute atomic E-state index is 9.90. The minimum absolute atomic E-state index is 0.208. The van der Waals surface area contributed by atoms with Gasteiger partial charge >= 0.3 is 0 Å². The van der Waals surface area contributed by atoms with Gasteiger partial charge in [0, 0.05) is 13.1 Å². The molecule has 0 aliphatic carbocycles. The standard InChI is InChI=1S/C7H13NO2/c9-6-7-10-8-4-2-1-3-5-8/h6H,1-5,7H2. The molecule has 1 fully saturated rings. The van der Waals surface area contributed by atoms with Crippen molar-refractivity contribution in [3.8, 4) is 0 Å². The summed E-state index contributed by atoms with van der Waals surface area (Å²) in [5, 5.41) is 1.87. The van der Waals surface area contributed by atoms with E-state index in [2.05, 4.69) is 0 Å². The van der Waals surface area contributed by atoms with Crippen molar-refractivity contribution in [2.24, 2.45) is 0 Å². The Morgan fingerprint density at radius 1 is 1.30 bits per heavy atom. The van der Waals surface area contributed by atoms with Crippen molar-refractivity contribution in [3.05, 3.63) is 0 Å². The van der Waals surface area contributed by atoms with Crippen LogP contribution in [0, 0.1) is 0 Å². The zero-order valence-corrected chi connectivity index (χ0v) is 6.08. The molecule has 1 aliphatic rings. The molecule has 0 amide bonds. The Morgan fingerprint density at radius 2 is 2.00 bits per heavy atom. The van der Waals surface area contributed by atoms with E-state index in [0.29, 0.717) is 0 Å². The fourth-order valence-corrected chi connectivity index (χ4v) is 1.13. The van der Waals surface area contributed by atoms with E-state index in [0.717, 1.165) is 19.4 Å². The number of nitrogens with zero attached hydrogens (tertiary/aromatic N) is 1. The lowest BCUT2D eigenvalue weighted by Gasteiger charge is -2.24. The summed E-state index contributed by atoms with van der Waals surface area (Å²) < 4.78 is 0. The van der Waals surface area contributed by atoms with Gasteiger partial charge in [-0.15, -0.1) is 0 Å². The van der Waals surface area contributed by atoms with Crippen LogP contribution in [-0.4, -0.2) is 31.0 Å². The molecule has 0 atom stereocenters. The molecule has 0 saturated carbocycles. The summed E-state index contributed by atoms with van der Waals surface area (Å²) in [6.07, 6.45) is 4.47. The van der Waals surface area contributed by atoms with E-state index in [4.69, 9.17) is 4.84 Å². The fraction of sp³-hybridized carbons (Fsp3) is 0.857. The summed E-state index contributed by atoms with van der Waals surface area (Å²) in [6.45, 7) is 2.17. The van der Waals surface area contributed by atoms with Crippen LogP contribution in [0.15, 0.2) is 0 Å². The van der Waals surface area contributed by atoms with Crippen molar-refractivity contribution < 1.29 is 9.63 Å². The van der Waals surface area contributed by atoms with Crippen molar-refractivity contribution in [2.45, 2.75) is 19.3 Å². The third-order valence-electron chi connectivity index (χ3n) is 1.64. The maximum atomic E-state index is 9.90. The first kappa shape index (κ1) is 7.69. The molecule has 3 nitrogen and oxygen atoms in total. The molecule has 10 heavy (non-hydrogen) atoms. The normalized spacial score (nSPS) is 20.8. The van der Waals surface area contributed by atoms with E-state index >= 15 is 0 Å². The first-order chi connectivity index (χ1) is 4.93. The van der Waals surface area contributed by atoms with Crippen molar-refractivity contribution >= 4 is 6.29 Å². The van der Waals surface area contributed by atoms with Gasteiger partial charge in [-0.25, -0.2) is 0 Å². The van der Waals surface area contributed by atoms with Gasteiger partial charge < -0.3 is 4.79 Å². The van der Waals surface area contributed by atoms with Crippen LogP contribution in [-0.2, 0) is 9.63 Å². The predicted octanol–water partition coefficient (Wildman–Crippen LogP) is 0.603. The van der Waals surface area contributed by atoms with Crippen LogP contribution in [0.3, 0.4) is 0 Å². The van der Waals surface area contributed by atoms with Crippen LogP contribution in [0.1, 0.15) is 19.3 Å². The van der Waals surface area contributed by atoms with Crippen molar-refractivity contribution in [1.29, 1.82) is 0 Å². The summed E-state index contributed by atoms with van der Waals surface area (Å²) in [5.41, 5.74) is 0. The molecule has 0 N–H and O–H groups in total. The third kappa shape index (κ3) is 2.45. The number of carbonyl (C=O) groups is 1.